The Morgan fingerprint density at radius 2 is 2.06 bits per heavy atom. The van der Waals surface area contributed by atoms with E-state index in [0.29, 0.717) is 5.02 Å². The van der Waals surface area contributed by atoms with Crippen LogP contribution in [-0.2, 0) is 9.53 Å². The Morgan fingerprint density at radius 3 is 2.56 bits per heavy atom. The Hall–Kier alpha value is -1.52. The largest absolute Gasteiger partial charge is 0.500 e. The molecule has 18 heavy (non-hydrogen) atoms. The first kappa shape index (κ1) is 14.5. The Morgan fingerprint density at radius 1 is 1.39 bits per heavy atom. The fourth-order valence-electron chi connectivity index (χ4n) is 1.19. The second kappa shape index (κ2) is 6.42. The van der Waals surface area contributed by atoms with E-state index in [1.165, 1.54) is 18.2 Å². The van der Waals surface area contributed by atoms with E-state index in [1.54, 1.807) is 6.92 Å². The lowest BCUT2D eigenvalue weighted by molar-refractivity contribution is -0.132. The van der Waals surface area contributed by atoms with Gasteiger partial charge in [-0.25, -0.2) is 4.79 Å². The number of halogens is 2. The number of ether oxygens (including phenoxy) is 1. The number of hydrogen-bond donors (Lipinski definition) is 1. The average molecular weight is 289 g/mol. The molecule has 0 saturated carbocycles. The molecule has 0 spiro atoms. The average Bonchev–Trinajstić information content (AvgIpc) is 2.28. The SMILES string of the molecule is CCOC=C(C(=O)O)C(=O)c1ccc(Cl)cc1Cl. The third kappa shape index (κ3) is 3.48. The number of rotatable bonds is 5. The molecule has 0 saturated heterocycles. The van der Waals surface area contributed by atoms with Crippen molar-refractivity contribution in [1.29, 1.82) is 0 Å². The smallest absolute Gasteiger partial charge is 0.342 e. The molecule has 1 aromatic rings. The monoisotopic (exact) mass is 288 g/mol. The van der Waals surface area contributed by atoms with Crippen molar-refractivity contribution in [3.8, 4) is 0 Å². The van der Waals surface area contributed by atoms with Gasteiger partial charge in [0.05, 0.1) is 11.6 Å². The topological polar surface area (TPSA) is 63.6 Å². The van der Waals surface area contributed by atoms with E-state index in [4.69, 9.17) is 33.0 Å². The lowest BCUT2D eigenvalue weighted by Gasteiger charge is -2.05. The molecule has 1 N–H and O–H groups in total. The number of carboxylic acid groups (broad SMARTS) is 1. The van der Waals surface area contributed by atoms with Crippen molar-refractivity contribution < 1.29 is 19.4 Å². The molecule has 0 aromatic heterocycles. The highest BCUT2D eigenvalue weighted by atomic mass is 35.5. The van der Waals surface area contributed by atoms with E-state index in [0.717, 1.165) is 6.26 Å². The molecule has 6 heteroatoms. The second-order valence-electron chi connectivity index (χ2n) is 3.25. The quantitative estimate of drug-likeness (QED) is 0.297. The maximum Gasteiger partial charge on any atom is 0.342 e. The number of Topliss-reactive ketones (excluding diaryl/α,β-unsaturated/α-hetero) is 1. The standard InChI is InChI=1S/C12H10Cl2O4/c1-2-18-6-9(12(16)17)11(15)8-4-3-7(13)5-10(8)14/h3-6H,2H2,1H3,(H,16,17). The summed E-state index contributed by atoms with van der Waals surface area (Å²) in [5, 5.41) is 9.40. The molecule has 0 aliphatic rings. The fraction of sp³-hybridized carbons (Fsp3) is 0.167. The van der Waals surface area contributed by atoms with Gasteiger partial charge in [-0.1, -0.05) is 23.2 Å². The number of carbonyl (C=O) groups excluding carboxylic acids is 1. The second-order valence-corrected chi connectivity index (χ2v) is 4.09. The number of carboxylic acids is 1. The van der Waals surface area contributed by atoms with E-state index < -0.39 is 17.3 Å². The van der Waals surface area contributed by atoms with Crippen molar-refractivity contribution in [2.45, 2.75) is 6.92 Å². The van der Waals surface area contributed by atoms with Crippen molar-refractivity contribution in [2.24, 2.45) is 0 Å². The zero-order valence-electron chi connectivity index (χ0n) is 9.44. The molecule has 0 amide bonds. The van der Waals surface area contributed by atoms with Crippen LogP contribution in [0.4, 0.5) is 0 Å². The van der Waals surface area contributed by atoms with E-state index in [9.17, 15) is 9.59 Å². The summed E-state index contributed by atoms with van der Waals surface area (Å²) in [5.74, 6) is -2.10. The van der Waals surface area contributed by atoms with Crippen LogP contribution in [0.15, 0.2) is 30.0 Å². The number of carbonyl (C=O) groups is 2. The number of ketones is 1. The lowest BCUT2D eigenvalue weighted by Crippen LogP contribution is -2.13. The van der Waals surface area contributed by atoms with Crippen LogP contribution in [0.3, 0.4) is 0 Å². The maximum atomic E-state index is 12.0. The Bertz CT molecular complexity index is 509. The molecule has 0 radical (unpaired) electrons. The molecule has 1 rings (SSSR count). The summed E-state index contributed by atoms with van der Waals surface area (Å²) >= 11 is 11.5. The van der Waals surface area contributed by atoms with Crippen LogP contribution in [0.5, 0.6) is 0 Å². The summed E-state index contributed by atoms with van der Waals surface area (Å²) in [7, 11) is 0. The van der Waals surface area contributed by atoms with E-state index in [2.05, 4.69) is 0 Å². The van der Waals surface area contributed by atoms with Gasteiger partial charge in [0.25, 0.3) is 0 Å². The Kier molecular flexibility index (Phi) is 5.19. The number of aliphatic carboxylic acids is 1. The van der Waals surface area contributed by atoms with Crippen molar-refractivity contribution in [3.63, 3.8) is 0 Å². The van der Waals surface area contributed by atoms with Crippen molar-refractivity contribution in [2.75, 3.05) is 6.61 Å². The van der Waals surface area contributed by atoms with Gasteiger partial charge in [-0.2, -0.15) is 0 Å². The molecule has 0 aliphatic heterocycles. The molecule has 4 nitrogen and oxygen atoms in total. The Labute approximate surface area is 114 Å². The van der Waals surface area contributed by atoms with Crippen molar-refractivity contribution in [3.05, 3.63) is 45.6 Å². The molecular formula is C12H10Cl2O4. The number of benzene rings is 1. The molecule has 96 valence electrons. The molecule has 0 bridgehead atoms. The van der Waals surface area contributed by atoms with Gasteiger partial charge in [-0.3, -0.25) is 4.79 Å². The van der Waals surface area contributed by atoms with E-state index >= 15 is 0 Å². The fourth-order valence-corrected chi connectivity index (χ4v) is 1.68. The first-order valence-electron chi connectivity index (χ1n) is 5.02. The van der Waals surface area contributed by atoms with Crippen LogP contribution < -0.4 is 0 Å². The minimum absolute atomic E-state index is 0.0643. The summed E-state index contributed by atoms with van der Waals surface area (Å²) in [5.41, 5.74) is -0.421. The minimum atomic E-state index is -1.38. The number of hydrogen-bond acceptors (Lipinski definition) is 3. The van der Waals surface area contributed by atoms with Crippen LogP contribution in [0.2, 0.25) is 10.0 Å². The highest BCUT2D eigenvalue weighted by Gasteiger charge is 2.22. The molecule has 0 aliphatic carbocycles. The zero-order valence-corrected chi connectivity index (χ0v) is 11.0. The molecule has 0 atom stereocenters. The highest BCUT2D eigenvalue weighted by Crippen LogP contribution is 2.23. The third-order valence-electron chi connectivity index (χ3n) is 2.02. The van der Waals surface area contributed by atoms with Gasteiger partial charge in [0, 0.05) is 10.6 Å². The van der Waals surface area contributed by atoms with Crippen molar-refractivity contribution in [1.82, 2.24) is 0 Å². The lowest BCUT2D eigenvalue weighted by atomic mass is 10.0. The molecule has 0 unspecified atom stereocenters. The van der Waals surface area contributed by atoms with Crippen LogP contribution in [0.25, 0.3) is 0 Å². The molecular weight excluding hydrogens is 279 g/mol. The molecule has 1 aromatic carbocycles. The summed E-state index contributed by atoms with van der Waals surface area (Å²) in [6.07, 6.45) is 0.912. The summed E-state index contributed by atoms with van der Waals surface area (Å²) < 4.78 is 4.83. The predicted octanol–water partition coefficient (Wildman–Crippen LogP) is 3.18. The van der Waals surface area contributed by atoms with Gasteiger partial charge in [-0.15, -0.1) is 0 Å². The van der Waals surface area contributed by atoms with Gasteiger partial charge in [0.2, 0.25) is 5.78 Å². The van der Waals surface area contributed by atoms with E-state index in [-0.39, 0.29) is 17.2 Å². The maximum absolute atomic E-state index is 12.0. The minimum Gasteiger partial charge on any atom is -0.500 e. The third-order valence-corrected chi connectivity index (χ3v) is 2.57. The summed E-state index contributed by atoms with van der Waals surface area (Å²) in [6, 6.07) is 4.20. The van der Waals surface area contributed by atoms with Gasteiger partial charge in [0.1, 0.15) is 11.8 Å². The summed E-state index contributed by atoms with van der Waals surface area (Å²) in [6.45, 7) is 1.94. The van der Waals surface area contributed by atoms with Gasteiger partial charge >= 0.3 is 5.97 Å². The highest BCUT2D eigenvalue weighted by molar-refractivity contribution is 6.38. The van der Waals surface area contributed by atoms with Gasteiger partial charge in [0.15, 0.2) is 0 Å². The zero-order chi connectivity index (χ0) is 13.7. The van der Waals surface area contributed by atoms with Crippen LogP contribution in [0, 0.1) is 0 Å². The van der Waals surface area contributed by atoms with Gasteiger partial charge < -0.3 is 9.84 Å². The molecule has 0 heterocycles. The first-order chi connectivity index (χ1) is 8.47. The molecule has 0 fully saturated rings. The van der Waals surface area contributed by atoms with Crippen LogP contribution in [-0.4, -0.2) is 23.5 Å². The van der Waals surface area contributed by atoms with Crippen LogP contribution in [0.1, 0.15) is 17.3 Å². The van der Waals surface area contributed by atoms with Gasteiger partial charge in [-0.05, 0) is 25.1 Å². The Balaban J connectivity index is 3.14. The van der Waals surface area contributed by atoms with Crippen molar-refractivity contribution >= 4 is 35.0 Å². The van der Waals surface area contributed by atoms with E-state index in [1.807, 2.05) is 0 Å². The first-order valence-corrected chi connectivity index (χ1v) is 5.77. The van der Waals surface area contributed by atoms with Crippen LogP contribution >= 0.6 is 23.2 Å². The summed E-state index contributed by atoms with van der Waals surface area (Å²) in [4.78, 5) is 22.9. The normalized spacial score (nSPS) is 11.2. The predicted molar refractivity (Wildman–Crippen MR) is 68.1 cm³/mol.